The SMILES string of the molecule is FC(F)COCCc1noc(C2Cc3ccccc3N2)n1. The summed E-state index contributed by atoms with van der Waals surface area (Å²) in [7, 11) is 0. The molecule has 21 heavy (non-hydrogen) atoms. The molecule has 1 aliphatic heterocycles. The van der Waals surface area contributed by atoms with Crippen molar-refractivity contribution in [2.75, 3.05) is 18.5 Å². The lowest BCUT2D eigenvalue weighted by atomic mass is 10.1. The monoisotopic (exact) mass is 295 g/mol. The minimum absolute atomic E-state index is 0.0365. The van der Waals surface area contributed by atoms with E-state index in [1.54, 1.807) is 0 Å². The van der Waals surface area contributed by atoms with E-state index in [1.807, 2.05) is 18.2 Å². The minimum atomic E-state index is -2.45. The molecule has 0 aliphatic carbocycles. The van der Waals surface area contributed by atoms with Crippen LogP contribution < -0.4 is 5.32 Å². The molecule has 2 aromatic rings. The maximum atomic E-state index is 11.9. The van der Waals surface area contributed by atoms with Crippen molar-refractivity contribution in [3.63, 3.8) is 0 Å². The van der Waals surface area contributed by atoms with Gasteiger partial charge in [0, 0.05) is 18.5 Å². The highest BCUT2D eigenvalue weighted by atomic mass is 19.3. The van der Waals surface area contributed by atoms with E-state index >= 15 is 0 Å². The quantitative estimate of drug-likeness (QED) is 0.830. The molecular weight excluding hydrogens is 280 g/mol. The number of alkyl halides is 2. The average Bonchev–Trinajstić information content (AvgIpc) is 3.09. The molecule has 3 rings (SSSR count). The van der Waals surface area contributed by atoms with Gasteiger partial charge >= 0.3 is 0 Å². The van der Waals surface area contributed by atoms with Crippen LogP contribution in [-0.4, -0.2) is 29.8 Å². The van der Waals surface area contributed by atoms with Crippen molar-refractivity contribution in [2.24, 2.45) is 0 Å². The Morgan fingerprint density at radius 3 is 3.05 bits per heavy atom. The summed E-state index contributed by atoms with van der Waals surface area (Å²) in [5.74, 6) is 0.979. The minimum Gasteiger partial charge on any atom is -0.375 e. The van der Waals surface area contributed by atoms with Gasteiger partial charge in [0.1, 0.15) is 12.6 Å². The van der Waals surface area contributed by atoms with Crippen LogP contribution in [0.3, 0.4) is 0 Å². The summed E-state index contributed by atoms with van der Waals surface area (Å²) in [6.07, 6.45) is -1.30. The molecule has 0 fully saturated rings. The van der Waals surface area contributed by atoms with Gasteiger partial charge in [0.05, 0.1) is 6.61 Å². The number of ether oxygens (including phenoxy) is 1. The zero-order valence-electron chi connectivity index (χ0n) is 11.3. The molecule has 1 atom stereocenters. The van der Waals surface area contributed by atoms with Gasteiger partial charge in [-0.15, -0.1) is 0 Å². The van der Waals surface area contributed by atoms with E-state index in [0.717, 1.165) is 12.1 Å². The van der Waals surface area contributed by atoms with Crippen molar-refractivity contribution in [3.8, 4) is 0 Å². The van der Waals surface area contributed by atoms with Crippen LogP contribution >= 0.6 is 0 Å². The van der Waals surface area contributed by atoms with Gasteiger partial charge in [-0.3, -0.25) is 0 Å². The van der Waals surface area contributed by atoms with Crippen LogP contribution in [0.4, 0.5) is 14.5 Å². The van der Waals surface area contributed by atoms with Gasteiger partial charge in [-0.1, -0.05) is 23.4 Å². The molecule has 0 bridgehead atoms. The molecule has 1 N–H and O–H groups in total. The Bertz CT molecular complexity index is 578. The van der Waals surface area contributed by atoms with Crippen LogP contribution in [0.2, 0.25) is 0 Å². The van der Waals surface area contributed by atoms with E-state index in [9.17, 15) is 8.78 Å². The van der Waals surface area contributed by atoms with Crippen molar-refractivity contribution in [1.29, 1.82) is 0 Å². The number of para-hydroxylation sites is 1. The zero-order chi connectivity index (χ0) is 14.7. The molecule has 0 saturated heterocycles. The summed E-state index contributed by atoms with van der Waals surface area (Å²) in [5, 5.41) is 7.17. The molecule has 5 nitrogen and oxygen atoms in total. The number of aromatic nitrogens is 2. The van der Waals surface area contributed by atoms with Crippen LogP contribution in [0.15, 0.2) is 28.8 Å². The first kappa shape index (κ1) is 13.9. The summed E-state index contributed by atoms with van der Waals surface area (Å²) >= 11 is 0. The number of anilines is 1. The summed E-state index contributed by atoms with van der Waals surface area (Å²) in [5.41, 5.74) is 2.28. The van der Waals surface area contributed by atoms with E-state index in [0.29, 0.717) is 18.1 Å². The van der Waals surface area contributed by atoms with Gasteiger partial charge in [-0.05, 0) is 11.6 Å². The summed E-state index contributed by atoms with van der Waals surface area (Å²) in [6.45, 7) is -0.411. The third-order valence-corrected chi connectivity index (χ3v) is 3.27. The topological polar surface area (TPSA) is 60.2 Å². The third-order valence-electron chi connectivity index (χ3n) is 3.27. The first-order chi connectivity index (χ1) is 10.2. The number of hydrogen-bond donors (Lipinski definition) is 1. The van der Waals surface area contributed by atoms with Crippen LogP contribution in [0, 0.1) is 0 Å². The van der Waals surface area contributed by atoms with Gasteiger partial charge in [0.25, 0.3) is 6.43 Å². The van der Waals surface area contributed by atoms with Gasteiger partial charge in [0.2, 0.25) is 5.89 Å². The number of benzene rings is 1. The Labute approximate surface area is 120 Å². The molecule has 1 aromatic carbocycles. The van der Waals surface area contributed by atoms with Crippen molar-refractivity contribution in [2.45, 2.75) is 25.3 Å². The van der Waals surface area contributed by atoms with E-state index in [-0.39, 0.29) is 12.6 Å². The summed E-state index contributed by atoms with van der Waals surface area (Å²) in [6, 6.07) is 7.98. The van der Waals surface area contributed by atoms with Crippen LogP contribution in [0.5, 0.6) is 0 Å². The van der Waals surface area contributed by atoms with Gasteiger partial charge < -0.3 is 14.6 Å². The zero-order valence-corrected chi connectivity index (χ0v) is 11.3. The summed E-state index contributed by atoms with van der Waals surface area (Å²) in [4.78, 5) is 4.28. The second-order valence-corrected chi connectivity index (χ2v) is 4.82. The van der Waals surface area contributed by atoms with Crippen molar-refractivity contribution in [3.05, 3.63) is 41.5 Å². The third kappa shape index (κ3) is 3.36. The summed E-state index contributed by atoms with van der Waals surface area (Å²) < 4.78 is 33.9. The van der Waals surface area contributed by atoms with Gasteiger partial charge in [-0.2, -0.15) is 4.98 Å². The fourth-order valence-corrected chi connectivity index (χ4v) is 2.29. The highest BCUT2D eigenvalue weighted by molar-refractivity contribution is 5.56. The Morgan fingerprint density at radius 1 is 1.38 bits per heavy atom. The largest absolute Gasteiger partial charge is 0.375 e. The average molecular weight is 295 g/mol. The molecular formula is C14H15F2N3O2. The lowest BCUT2D eigenvalue weighted by Crippen LogP contribution is -2.08. The molecule has 7 heteroatoms. The number of halogens is 2. The molecule has 112 valence electrons. The molecule has 0 spiro atoms. The second kappa shape index (κ2) is 6.17. The highest BCUT2D eigenvalue weighted by Gasteiger charge is 2.26. The lowest BCUT2D eigenvalue weighted by molar-refractivity contribution is 0.0182. The maximum absolute atomic E-state index is 11.9. The predicted octanol–water partition coefficient (Wildman–Crippen LogP) is 2.60. The fraction of sp³-hybridized carbons (Fsp3) is 0.429. The molecule has 0 radical (unpaired) electrons. The molecule has 0 saturated carbocycles. The normalized spacial score (nSPS) is 17.0. The number of fused-ring (bicyclic) bond motifs is 1. The highest BCUT2D eigenvalue weighted by Crippen LogP contribution is 2.32. The van der Waals surface area contributed by atoms with Gasteiger partial charge in [0.15, 0.2) is 5.82 Å². The molecule has 1 unspecified atom stereocenters. The Hall–Kier alpha value is -2.02. The lowest BCUT2D eigenvalue weighted by Gasteiger charge is -2.04. The van der Waals surface area contributed by atoms with E-state index in [2.05, 4.69) is 21.5 Å². The number of nitrogens with one attached hydrogen (secondary N) is 1. The van der Waals surface area contributed by atoms with Crippen molar-refractivity contribution >= 4 is 5.69 Å². The second-order valence-electron chi connectivity index (χ2n) is 4.82. The number of hydrogen-bond acceptors (Lipinski definition) is 5. The molecule has 0 amide bonds. The smallest absolute Gasteiger partial charge is 0.261 e. The predicted molar refractivity (Wildman–Crippen MR) is 71.3 cm³/mol. The van der Waals surface area contributed by atoms with Crippen molar-refractivity contribution < 1.29 is 18.0 Å². The molecule has 1 aliphatic rings. The molecule has 1 aromatic heterocycles. The van der Waals surface area contributed by atoms with Crippen LogP contribution in [0.1, 0.15) is 23.3 Å². The van der Waals surface area contributed by atoms with Gasteiger partial charge in [-0.25, -0.2) is 8.78 Å². The van der Waals surface area contributed by atoms with Crippen LogP contribution in [-0.2, 0) is 17.6 Å². The van der Waals surface area contributed by atoms with Crippen LogP contribution in [0.25, 0.3) is 0 Å². The Kier molecular flexibility index (Phi) is 4.10. The van der Waals surface area contributed by atoms with E-state index < -0.39 is 13.0 Å². The van der Waals surface area contributed by atoms with Crippen molar-refractivity contribution in [1.82, 2.24) is 10.1 Å². The first-order valence-corrected chi connectivity index (χ1v) is 6.75. The number of nitrogens with zero attached hydrogens (tertiary/aromatic N) is 2. The Morgan fingerprint density at radius 2 is 2.24 bits per heavy atom. The van der Waals surface area contributed by atoms with E-state index in [1.165, 1.54) is 5.56 Å². The number of rotatable bonds is 6. The maximum Gasteiger partial charge on any atom is 0.261 e. The van der Waals surface area contributed by atoms with E-state index in [4.69, 9.17) is 9.26 Å². The first-order valence-electron chi connectivity index (χ1n) is 6.75. The fourth-order valence-electron chi connectivity index (χ4n) is 2.29. The Balaban J connectivity index is 1.54. The standard InChI is InChI=1S/C14H15F2N3O2/c15-12(16)8-20-6-5-13-18-14(21-19-13)11-7-9-3-1-2-4-10(9)17-11/h1-4,11-12,17H,5-8H2. The molecule has 2 heterocycles.